The highest BCUT2D eigenvalue weighted by Gasteiger charge is 2.15. The molecule has 0 bridgehead atoms. The molecular formula is C21H30N6O2. The highest BCUT2D eigenvalue weighted by molar-refractivity contribution is 6.21. The van der Waals surface area contributed by atoms with Gasteiger partial charge < -0.3 is 16.2 Å². The van der Waals surface area contributed by atoms with Crippen molar-refractivity contribution in [3.05, 3.63) is 83.6 Å². The van der Waals surface area contributed by atoms with E-state index in [2.05, 4.69) is 33.6 Å². The Morgan fingerprint density at radius 1 is 1.24 bits per heavy atom. The van der Waals surface area contributed by atoms with E-state index in [4.69, 9.17) is 22.1 Å². The summed E-state index contributed by atoms with van der Waals surface area (Å²) in [5.41, 5.74) is 17.9. The summed E-state index contributed by atoms with van der Waals surface area (Å²) in [5, 5.41) is 0. The Labute approximate surface area is 172 Å². The molecule has 0 fully saturated rings. The van der Waals surface area contributed by atoms with E-state index in [-0.39, 0.29) is 11.7 Å². The molecule has 0 unspecified atom stereocenters. The number of methoxy groups -OCH3 is 1. The Bertz CT molecular complexity index is 822. The minimum atomic E-state index is -0.640. The highest BCUT2D eigenvalue weighted by Crippen LogP contribution is 2.19. The van der Waals surface area contributed by atoms with Crippen LogP contribution in [0.25, 0.3) is 0 Å². The minimum absolute atomic E-state index is 0.152. The molecule has 7 N–H and O–H groups in total. The molecule has 0 saturated heterocycles. The van der Waals surface area contributed by atoms with Gasteiger partial charge in [0, 0.05) is 24.9 Å². The maximum atomic E-state index is 6.07. The number of hydrogen-bond donors (Lipinski definition) is 4. The Morgan fingerprint density at radius 3 is 2.41 bits per heavy atom. The van der Waals surface area contributed by atoms with E-state index >= 15 is 0 Å². The van der Waals surface area contributed by atoms with E-state index < -0.39 is 6.23 Å². The van der Waals surface area contributed by atoms with Crippen molar-refractivity contribution < 1.29 is 9.68 Å². The molecule has 8 heteroatoms. The number of hydroxylamine groups is 1. The third-order valence-corrected chi connectivity index (χ3v) is 3.74. The maximum absolute atomic E-state index is 6.07. The molecule has 1 aromatic rings. The monoisotopic (exact) mass is 398 g/mol. The number of benzene rings is 1. The second-order valence-corrected chi connectivity index (χ2v) is 6.22. The van der Waals surface area contributed by atoms with Gasteiger partial charge >= 0.3 is 0 Å². The summed E-state index contributed by atoms with van der Waals surface area (Å²) in [6.45, 7) is 11.9. The summed E-state index contributed by atoms with van der Waals surface area (Å²) in [6, 6.07) is 7.56. The lowest BCUT2D eigenvalue weighted by Crippen LogP contribution is -2.34. The lowest BCUT2D eigenvalue weighted by atomic mass is 10.1. The number of nitrogens with two attached hydrogens (primary N) is 3. The molecule has 1 rings (SSSR count). The Morgan fingerprint density at radius 2 is 1.90 bits per heavy atom. The maximum Gasteiger partial charge on any atom is 0.176 e. The van der Waals surface area contributed by atoms with Crippen molar-refractivity contribution in [2.24, 2.45) is 27.3 Å². The molecule has 0 aliphatic rings. The molecule has 0 heterocycles. The molecule has 0 amide bonds. The van der Waals surface area contributed by atoms with Crippen LogP contribution in [0.3, 0.4) is 0 Å². The lowest BCUT2D eigenvalue weighted by Gasteiger charge is -2.16. The largest absolute Gasteiger partial charge is 0.383 e. The summed E-state index contributed by atoms with van der Waals surface area (Å²) < 4.78 is 5.47. The van der Waals surface area contributed by atoms with Crippen LogP contribution in [0.5, 0.6) is 0 Å². The summed E-state index contributed by atoms with van der Waals surface area (Å²) in [5.74, 6) is 5.50. The van der Waals surface area contributed by atoms with Crippen LogP contribution >= 0.6 is 0 Å². The van der Waals surface area contributed by atoms with Crippen LogP contribution in [-0.2, 0) is 16.2 Å². The second-order valence-electron chi connectivity index (χ2n) is 6.22. The minimum Gasteiger partial charge on any atom is -0.383 e. The van der Waals surface area contributed by atoms with Gasteiger partial charge in [-0.15, -0.1) is 0 Å². The Kier molecular flexibility index (Phi) is 10.3. The number of aliphatic imine (C=N–C) groups is 2. The van der Waals surface area contributed by atoms with Crippen LogP contribution < -0.4 is 22.8 Å². The molecule has 0 aromatic heterocycles. The Balaban J connectivity index is 3.12. The average molecular weight is 399 g/mol. The second kappa shape index (κ2) is 12.4. The van der Waals surface area contributed by atoms with Crippen molar-refractivity contribution in [1.29, 1.82) is 0 Å². The van der Waals surface area contributed by atoms with Crippen LogP contribution in [0.4, 0.5) is 0 Å². The van der Waals surface area contributed by atoms with Gasteiger partial charge in [0.1, 0.15) is 5.84 Å². The summed E-state index contributed by atoms with van der Waals surface area (Å²) in [6.07, 6.45) is 4.86. The van der Waals surface area contributed by atoms with Crippen molar-refractivity contribution in [2.75, 3.05) is 7.11 Å². The van der Waals surface area contributed by atoms with Crippen LogP contribution in [-0.4, -0.2) is 18.8 Å². The van der Waals surface area contributed by atoms with Crippen molar-refractivity contribution in [3.63, 3.8) is 0 Å². The molecule has 29 heavy (non-hydrogen) atoms. The number of ether oxygens (including phenoxy) is 1. The molecule has 0 aliphatic carbocycles. The van der Waals surface area contributed by atoms with Gasteiger partial charge in [0.2, 0.25) is 0 Å². The number of nitrogens with one attached hydrogen (secondary N) is 1. The molecule has 0 saturated carbocycles. The summed E-state index contributed by atoms with van der Waals surface area (Å²) in [4.78, 5) is 13.3. The molecule has 0 radical (unpaired) electrons. The normalized spacial score (nSPS) is 14.2. The predicted octanol–water partition coefficient (Wildman–Crippen LogP) is 2.53. The standard InChI is InChI=1S/C21H30N6O2/c1-14(2)7-6-8-15(3)25-19(23)16(4)20(27-29-24)26-21(28-5)18-11-9-17(13-22)10-12-18/h6-12,21H,1,4,13,22,24H2,2-3,5H3,(H2,23,25)(H,26,27)/b7-6-,15-8+/t21-/m1/s1. The Hall–Kier alpha value is -3.04. The van der Waals surface area contributed by atoms with E-state index in [1.165, 1.54) is 7.11 Å². The topological polar surface area (TPSA) is 133 Å². The summed E-state index contributed by atoms with van der Waals surface area (Å²) in [7, 11) is 1.53. The molecule has 8 nitrogen and oxygen atoms in total. The van der Waals surface area contributed by atoms with Crippen molar-refractivity contribution in [1.82, 2.24) is 5.48 Å². The SMILES string of the molecule is C=C(C)/C=C\C=C(/C)N=C(N)C(=C)C(=N[C@H](OC)c1ccc(CN)cc1)NON. The number of rotatable bonds is 10. The van der Waals surface area contributed by atoms with Gasteiger partial charge in [0.15, 0.2) is 12.1 Å². The lowest BCUT2D eigenvalue weighted by molar-refractivity contribution is 0.0807. The molecule has 0 spiro atoms. The van der Waals surface area contributed by atoms with Gasteiger partial charge in [-0.1, -0.05) is 55.1 Å². The zero-order valence-corrected chi connectivity index (χ0v) is 17.2. The predicted molar refractivity (Wildman–Crippen MR) is 118 cm³/mol. The first kappa shape index (κ1) is 24.0. The number of allylic oxidation sites excluding steroid dienone is 5. The molecule has 1 atom stereocenters. The zero-order chi connectivity index (χ0) is 21.8. The first-order valence-corrected chi connectivity index (χ1v) is 8.87. The van der Waals surface area contributed by atoms with Crippen molar-refractivity contribution in [2.45, 2.75) is 26.6 Å². The van der Waals surface area contributed by atoms with Crippen LogP contribution in [0.15, 0.2) is 82.5 Å². The van der Waals surface area contributed by atoms with E-state index in [1.807, 2.05) is 50.3 Å². The first-order valence-electron chi connectivity index (χ1n) is 8.87. The smallest absolute Gasteiger partial charge is 0.176 e. The van der Waals surface area contributed by atoms with E-state index in [0.717, 1.165) is 16.7 Å². The zero-order valence-electron chi connectivity index (χ0n) is 17.2. The highest BCUT2D eigenvalue weighted by atomic mass is 16.8. The van der Waals surface area contributed by atoms with Gasteiger partial charge in [-0.05, 0) is 25.5 Å². The van der Waals surface area contributed by atoms with Gasteiger partial charge in [-0.25, -0.2) is 15.5 Å². The van der Waals surface area contributed by atoms with E-state index in [9.17, 15) is 0 Å². The molecular weight excluding hydrogens is 368 g/mol. The number of hydrogen-bond acceptors (Lipinski definition) is 6. The van der Waals surface area contributed by atoms with Crippen LogP contribution in [0, 0.1) is 0 Å². The first-order chi connectivity index (χ1) is 13.8. The van der Waals surface area contributed by atoms with Crippen LogP contribution in [0.2, 0.25) is 0 Å². The fourth-order valence-electron chi connectivity index (χ4n) is 2.19. The third kappa shape index (κ3) is 8.24. The number of amidine groups is 2. The fraction of sp³-hybridized carbons (Fsp3) is 0.238. The molecule has 1 aromatic carbocycles. The van der Waals surface area contributed by atoms with Gasteiger partial charge in [-0.2, -0.15) is 10.8 Å². The number of nitrogens with zero attached hydrogens (tertiary/aromatic N) is 2. The van der Waals surface area contributed by atoms with Crippen LogP contribution in [0.1, 0.15) is 31.2 Å². The summed E-state index contributed by atoms with van der Waals surface area (Å²) >= 11 is 0. The third-order valence-electron chi connectivity index (χ3n) is 3.74. The average Bonchev–Trinajstić information content (AvgIpc) is 2.70. The fourth-order valence-corrected chi connectivity index (χ4v) is 2.19. The van der Waals surface area contributed by atoms with Gasteiger partial charge in [0.25, 0.3) is 0 Å². The van der Waals surface area contributed by atoms with Crippen molar-refractivity contribution >= 4 is 11.7 Å². The van der Waals surface area contributed by atoms with Crippen molar-refractivity contribution in [3.8, 4) is 0 Å². The molecule has 0 aliphatic heterocycles. The van der Waals surface area contributed by atoms with Gasteiger partial charge in [0.05, 0.1) is 5.57 Å². The van der Waals surface area contributed by atoms with E-state index in [0.29, 0.717) is 17.8 Å². The molecule has 156 valence electrons. The van der Waals surface area contributed by atoms with Gasteiger partial charge in [-0.3, -0.25) is 0 Å². The quantitative estimate of drug-likeness (QED) is 0.207. The van der Waals surface area contributed by atoms with E-state index in [1.54, 1.807) is 6.08 Å².